The summed E-state index contributed by atoms with van der Waals surface area (Å²) < 4.78 is 5.64. The van der Waals surface area contributed by atoms with Crippen LogP contribution in [-0.2, 0) is 4.74 Å². The summed E-state index contributed by atoms with van der Waals surface area (Å²) in [5.74, 6) is 0. The Kier molecular flexibility index (Phi) is 7.33. The van der Waals surface area contributed by atoms with E-state index in [-0.39, 0.29) is 12.1 Å². The van der Waals surface area contributed by atoms with Crippen molar-refractivity contribution in [3.05, 3.63) is 34.9 Å². The highest BCUT2D eigenvalue weighted by Crippen LogP contribution is 2.24. The Morgan fingerprint density at radius 2 is 1.83 bits per heavy atom. The average Bonchev–Trinajstić information content (AvgIpc) is 2.39. The van der Waals surface area contributed by atoms with Crippen molar-refractivity contribution >= 4 is 11.6 Å². The van der Waals surface area contributed by atoms with Crippen molar-refractivity contribution in [1.29, 1.82) is 0 Å². The molecule has 0 saturated heterocycles. The smallest absolute Gasteiger partial charge is 0.0765 e. The highest BCUT2D eigenvalue weighted by Gasteiger charge is 2.21. The van der Waals surface area contributed by atoms with Crippen LogP contribution in [-0.4, -0.2) is 19.8 Å². The van der Waals surface area contributed by atoms with Gasteiger partial charge in [0.1, 0.15) is 0 Å². The second-order valence-corrected chi connectivity index (χ2v) is 4.98. The molecular weight excluding hydrogens is 246 g/mol. The molecule has 18 heavy (non-hydrogen) atoms. The molecule has 0 amide bonds. The lowest BCUT2D eigenvalue weighted by Crippen LogP contribution is -2.33. The quantitative estimate of drug-likeness (QED) is 0.764. The molecule has 0 aliphatic heterocycles. The van der Waals surface area contributed by atoms with Crippen LogP contribution in [0.4, 0.5) is 0 Å². The molecule has 1 aromatic carbocycles. The van der Waals surface area contributed by atoms with E-state index in [9.17, 15) is 0 Å². The van der Waals surface area contributed by atoms with Crippen LogP contribution < -0.4 is 5.32 Å². The molecule has 0 spiro atoms. The minimum atomic E-state index is 0.211. The third kappa shape index (κ3) is 4.60. The van der Waals surface area contributed by atoms with Crippen LogP contribution in [0.2, 0.25) is 5.02 Å². The third-order valence-corrected chi connectivity index (χ3v) is 3.34. The molecule has 0 heterocycles. The molecule has 1 aromatic rings. The van der Waals surface area contributed by atoms with Gasteiger partial charge in [-0.25, -0.2) is 0 Å². The van der Waals surface area contributed by atoms with E-state index < -0.39 is 0 Å². The van der Waals surface area contributed by atoms with Crippen molar-refractivity contribution in [3.8, 4) is 0 Å². The van der Waals surface area contributed by atoms with Gasteiger partial charge in [-0.1, -0.05) is 44.0 Å². The van der Waals surface area contributed by atoms with Gasteiger partial charge in [-0.05, 0) is 37.1 Å². The van der Waals surface area contributed by atoms with Crippen LogP contribution in [0.25, 0.3) is 0 Å². The highest BCUT2D eigenvalue weighted by atomic mass is 35.5. The van der Waals surface area contributed by atoms with Gasteiger partial charge in [0.05, 0.1) is 12.1 Å². The van der Waals surface area contributed by atoms with Gasteiger partial charge >= 0.3 is 0 Å². The zero-order valence-corrected chi connectivity index (χ0v) is 12.3. The summed E-state index contributed by atoms with van der Waals surface area (Å²) in [5, 5.41) is 4.35. The summed E-state index contributed by atoms with van der Waals surface area (Å²) in [7, 11) is 1.79. The largest absolute Gasteiger partial charge is 0.379 e. The molecule has 2 nitrogen and oxygen atoms in total. The monoisotopic (exact) mass is 269 g/mol. The van der Waals surface area contributed by atoms with Crippen LogP contribution in [0.3, 0.4) is 0 Å². The maximum atomic E-state index is 5.94. The zero-order valence-electron chi connectivity index (χ0n) is 11.6. The second-order valence-electron chi connectivity index (χ2n) is 4.55. The fourth-order valence-corrected chi connectivity index (χ4v) is 2.27. The predicted molar refractivity (Wildman–Crippen MR) is 78.2 cm³/mol. The van der Waals surface area contributed by atoms with Gasteiger partial charge < -0.3 is 10.1 Å². The van der Waals surface area contributed by atoms with Crippen LogP contribution in [0.5, 0.6) is 0 Å². The molecule has 2 atom stereocenters. The lowest BCUT2D eigenvalue weighted by Gasteiger charge is -2.27. The van der Waals surface area contributed by atoms with E-state index in [1.54, 1.807) is 7.11 Å². The van der Waals surface area contributed by atoms with E-state index in [0.717, 1.165) is 30.8 Å². The molecule has 0 aromatic heterocycles. The normalized spacial score (nSPS) is 14.4. The van der Waals surface area contributed by atoms with Crippen LogP contribution in [0, 0.1) is 0 Å². The standard InChI is InChI=1S/C15H24ClNO/c1-4-6-14(18-3)15(17-11-5-2)12-7-9-13(16)10-8-12/h7-10,14-15,17H,4-6,11H2,1-3H3. The first-order chi connectivity index (χ1) is 8.72. The summed E-state index contributed by atoms with van der Waals surface area (Å²) >= 11 is 5.94. The van der Waals surface area contributed by atoms with Crippen molar-refractivity contribution in [2.75, 3.05) is 13.7 Å². The fourth-order valence-electron chi connectivity index (χ4n) is 2.14. The van der Waals surface area contributed by atoms with Gasteiger partial charge in [0.25, 0.3) is 0 Å². The minimum absolute atomic E-state index is 0.211. The van der Waals surface area contributed by atoms with E-state index in [4.69, 9.17) is 16.3 Å². The molecule has 1 N–H and O–H groups in total. The summed E-state index contributed by atoms with van der Waals surface area (Å²) in [5.41, 5.74) is 1.24. The number of hydrogen-bond donors (Lipinski definition) is 1. The molecule has 0 saturated carbocycles. The molecule has 1 rings (SSSR count). The number of ether oxygens (including phenoxy) is 1. The molecule has 0 aliphatic rings. The van der Waals surface area contributed by atoms with Gasteiger partial charge in [0.15, 0.2) is 0 Å². The Morgan fingerprint density at radius 3 is 2.33 bits per heavy atom. The molecule has 0 fully saturated rings. The molecule has 3 heteroatoms. The maximum absolute atomic E-state index is 5.94. The first-order valence-corrected chi connectivity index (χ1v) is 7.12. The Morgan fingerprint density at radius 1 is 1.17 bits per heavy atom. The fraction of sp³-hybridized carbons (Fsp3) is 0.600. The van der Waals surface area contributed by atoms with E-state index in [1.807, 2.05) is 12.1 Å². The number of hydrogen-bond acceptors (Lipinski definition) is 2. The number of halogens is 1. The van der Waals surface area contributed by atoms with Gasteiger partial charge in [-0.15, -0.1) is 0 Å². The van der Waals surface area contributed by atoms with E-state index in [2.05, 4.69) is 31.3 Å². The van der Waals surface area contributed by atoms with Gasteiger partial charge in [0.2, 0.25) is 0 Å². The lowest BCUT2D eigenvalue weighted by molar-refractivity contribution is 0.0606. The number of rotatable bonds is 8. The SMILES string of the molecule is CCCNC(c1ccc(Cl)cc1)C(CCC)OC. The molecule has 2 unspecified atom stereocenters. The van der Waals surface area contributed by atoms with Gasteiger partial charge in [-0.2, -0.15) is 0 Å². The topological polar surface area (TPSA) is 21.3 Å². The minimum Gasteiger partial charge on any atom is -0.379 e. The predicted octanol–water partition coefficient (Wildman–Crippen LogP) is 4.20. The van der Waals surface area contributed by atoms with Crippen molar-refractivity contribution < 1.29 is 4.74 Å². The van der Waals surface area contributed by atoms with Crippen molar-refractivity contribution in [2.24, 2.45) is 0 Å². The summed E-state index contributed by atoms with van der Waals surface area (Å²) in [6.45, 7) is 5.36. The van der Waals surface area contributed by atoms with E-state index in [1.165, 1.54) is 5.56 Å². The first kappa shape index (κ1) is 15.5. The van der Waals surface area contributed by atoms with Crippen LogP contribution in [0.1, 0.15) is 44.7 Å². The third-order valence-electron chi connectivity index (χ3n) is 3.09. The zero-order chi connectivity index (χ0) is 13.4. The van der Waals surface area contributed by atoms with Gasteiger partial charge in [0, 0.05) is 12.1 Å². The van der Waals surface area contributed by atoms with E-state index in [0.29, 0.717) is 0 Å². The first-order valence-electron chi connectivity index (χ1n) is 6.74. The second kappa shape index (κ2) is 8.52. The maximum Gasteiger partial charge on any atom is 0.0765 e. The average molecular weight is 270 g/mol. The van der Waals surface area contributed by atoms with Crippen molar-refractivity contribution in [1.82, 2.24) is 5.32 Å². The van der Waals surface area contributed by atoms with E-state index >= 15 is 0 Å². The Bertz CT molecular complexity index is 326. The van der Waals surface area contributed by atoms with Crippen LogP contribution >= 0.6 is 11.6 Å². The summed E-state index contributed by atoms with van der Waals surface area (Å²) in [4.78, 5) is 0. The van der Waals surface area contributed by atoms with Gasteiger partial charge in [-0.3, -0.25) is 0 Å². The summed E-state index contributed by atoms with van der Waals surface area (Å²) in [6, 6.07) is 8.29. The Balaban J connectivity index is 2.84. The molecule has 0 bridgehead atoms. The van der Waals surface area contributed by atoms with Crippen LogP contribution in [0.15, 0.2) is 24.3 Å². The number of nitrogens with one attached hydrogen (secondary N) is 1. The lowest BCUT2D eigenvalue weighted by atomic mass is 9.98. The number of benzene rings is 1. The molecular formula is C15H24ClNO. The Labute approximate surface area is 116 Å². The van der Waals surface area contributed by atoms with Crippen molar-refractivity contribution in [3.63, 3.8) is 0 Å². The Hall–Kier alpha value is -0.570. The van der Waals surface area contributed by atoms with Crippen molar-refractivity contribution in [2.45, 2.75) is 45.3 Å². The molecule has 0 radical (unpaired) electrons. The highest BCUT2D eigenvalue weighted by molar-refractivity contribution is 6.30. The molecule has 102 valence electrons. The number of methoxy groups -OCH3 is 1. The molecule has 0 aliphatic carbocycles. The summed E-state index contributed by atoms with van der Waals surface area (Å²) in [6.07, 6.45) is 3.51.